The second-order valence-corrected chi connectivity index (χ2v) is 3.39. The zero-order chi connectivity index (χ0) is 10.8. The van der Waals surface area contributed by atoms with Crippen LogP contribution in [-0.2, 0) is 14.2 Å². The molecule has 0 saturated carbocycles. The lowest BCUT2D eigenvalue weighted by Gasteiger charge is -2.14. The fourth-order valence-electron chi connectivity index (χ4n) is 0.876. The van der Waals surface area contributed by atoms with Crippen LogP contribution in [0, 0.1) is 0 Å². The summed E-state index contributed by atoms with van der Waals surface area (Å²) in [4.78, 5) is 0. The normalized spacial score (nSPS) is 15.4. The van der Waals surface area contributed by atoms with Gasteiger partial charge in [0.1, 0.15) is 0 Å². The van der Waals surface area contributed by atoms with Crippen molar-refractivity contribution in [2.75, 3.05) is 33.0 Å². The van der Waals surface area contributed by atoms with Crippen molar-refractivity contribution in [2.45, 2.75) is 32.9 Å². The number of rotatable bonds is 9. The molecule has 0 bridgehead atoms. The summed E-state index contributed by atoms with van der Waals surface area (Å²) in [6.07, 6.45) is 0.0997. The molecule has 86 valence electrons. The Balaban J connectivity index is 3.14. The average molecular weight is 205 g/mol. The maximum absolute atomic E-state index is 5.55. The number of hydrogen-bond acceptors (Lipinski definition) is 4. The van der Waals surface area contributed by atoms with Gasteiger partial charge in [0.05, 0.1) is 32.5 Å². The highest BCUT2D eigenvalue weighted by Gasteiger charge is 2.03. The van der Waals surface area contributed by atoms with E-state index in [1.807, 2.05) is 20.8 Å². The molecule has 0 aliphatic heterocycles. The zero-order valence-corrected chi connectivity index (χ0v) is 9.49. The highest BCUT2D eigenvalue weighted by atomic mass is 16.5. The Labute approximate surface area is 86.7 Å². The van der Waals surface area contributed by atoms with E-state index in [-0.39, 0.29) is 12.1 Å². The molecule has 0 spiro atoms. The van der Waals surface area contributed by atoms with Crippen LogP contribution in [0.25, 0.3) is 0 Å². The third kappa shape index (κ3) is 9.92. The number of hydrogen-bond donors (Lipinski definition) is 1. The summed E-state index contributed by atoms with van der Waals surface area (Å²) in [5.74, 6) is 0. The van der Waals surface area contributed by atoms with E-state index in [9.17, 15) is 0 Å². The fourth-order valence-corrected chi connectivity index (χ4v) is 0.876. The van der Waals surface area contributed by atoms with Crippen molar-refractivity contribution in [1.29, 1.82) is 0 Å². The topological polar surface area (TPSA) is 53.7 Å². The first kappa shape index (κ1) is 13.8. The fraction of sp³-hybridized carbons (Fsp3) is 1.00. The van der Waals surface area contributed by atoms with Crippen molar-refractivity contribution in [2.24, 2.45) is 5.73 Å². The van der Waals surface area contributed by atoms with Crippen LogP contribution in [0.1, 0.15) is 20.8 Å². The first-order chi connectivity index (χ1) is 6.66. The van der Waals surface area contributed by atoms with Crippen LogP contribution in [0.5, 0.6) is 0 Å². The molecule has 2 N–H and O–H groups in total. The lowest BCUT2D eigenvalue weighted by molar-refractivity contribution is -0.0247. The Hall–Kier alpha value is -0.160. The van der Waals surface area contributed by atoms with E-state index in [1.54, 1.807) is 0 Å². The standard InChI is InChI=1S/C10H23NO3/c1-4-12-5-6-13-8-10(3)14-7-9(2)11/h9-10H,4-8,11H2,1-3H3. The summed E-state index contributed by atoms with van der Waals surface area (Å²) in [7, 11) is 0. The predicted octanol–water partition coefficient (Wildman–Crippen LogP) is 0.792. The molecule has 0 rings (SSSR count). The van der Waals surface area contributed by atoms with E-state index in [0.717, 1.165) is 6.61 Å². The van der Waals surface area contributed by atoms with Crippen LogP contribution in [0.2, 0.25) is 0 Å². The molecule has 14 heavy (non-hydrogen) atoms. The molecule has 2 atom stereocenters. The third-order valence-electron chi connectivity index (χ3n) is 1.57. The first-order valence-corrected chi connectivity index (χ1v) is 5.19. The Bertz CT molecular complexity index is 120. The van der Waals surface area contributed by atoms with Gasteiger partial charge < -0.3 is 19.9 Å². The van der Waals surface area contributed by atoms with Crippen LogP contribution in [-0.4, -0.2) is 45.2 Å². The molecule has 4 heteroatoms. The molecular formula is C10H23NO3. The van der Waals surface area contributed by atoms with Gasteiger partial charge in [-0.2, -0.15) is 0 Å². The second-order valence-electron chi connectivity index (χ2n) is 3.39. The van der Waals surface area contributed by atoms with Gasteiger partial charge in [0, 0.05) is 12.6 Å². The highest BCUT2D eigenvalue weighted by molar-refractivity contribution is 4.53. The summed E-state index contributed by atoms with van der Waals surface area (Å²) < 4.78 is 15.9. The Morgan fingerprint density at radius 3 is 2.29 bits per heavy atom. The molecule has 0 saturated heterocycles. The van der Waals surface area contributed by atoms with E-state index in [1.165, 1.54) is 0 Å². The third-order valence-corrected chi connectivity index (χ3v) is 1.57. The molecule has 4 nitrogen and oxygen atoms in total. The first-order valence-electron chi connectivity index (χ1n) is 5.19. The second kappa shape index (κ2) is 9.40. The highest BCUT2D eigenvalue weighted by Crippen LogP contribution is 1.93. The molecule has 0 heterocycles. The molecule has 2 unspecified atom stereocenters. The van der Waals surface area contributed by atoms with Crippen molar-refractivity contribution in [3.8, 4) is 0 Å². The Morgan fingerprint density at radius 2 is 1.71 bits per heavy atom. The molecule has 0 aromatic carbocycles. The van der Waals surface area contributed by atoms with Crippen LogP contribution >= 0.6 is 0 Å². The summed E-state index contributed by atoms with van der Waals surface area (Å²) in [6.45, 7) is 9.05. The molecule has 0 aromatic heterocycles. The van der Waals surface area contributed by atoms with Gasteiger partial charge in [0.25, 0.3) is 0 Å². The minimum Gasteiger partial charge on any atom is -0.379 e. The maximum atomic E-state index is 5.55. The molecule has 0 aliphatic rings. The average Bonchev–Trinajstić information content (AvgIpc) is 2.14. The largest absolute Gasteiger partial charge is 0.379 e. The van der Waals surface area contributed by atoms with Gasteiger partial charge in [-0.3, -0.25) is 0 Å². The van der Waals surface area contributed by atoms with Gasteiger partial charge in [0.2, 0.25) is 0 Å². The van der Waals surface area contributed by atoms with Crippen molar-refractivity contribution < 1.29 is 14.2 Å². The van der Waals surface area contributed by atoms with Crippen LogP contribution in [0.15, 0.2) is 0 Å². The van der Waals surface area contributed by atoms with E-state index in [4.69, 9.17) is 19.9 Å². The van der Waals surface area contributed by atoms with Crippen LogP contribution in [0.4, 0.5) is 0 Å². The summed E-state index contributed by atoms with van der Waals surface area (Å²) in [5, 5.41) is 0. The molecule has 0 radical (unpaired) electrons. The van der Waals surface area contributed by atoms with E-state index >= 15 is 0 Å². The van der Waals surface area contributed by atoms with E-state index < -0.39 is 0 Å². The molecule has 0 aromatic rings. The minimum absolute atomic E-state index is 0.0841. The quantitative estimate of drug-likeness (QED) is 0.565. The number of nitrogens with two attached hydrogens (primary N) is 1. The molecule has 0 aliphatic carbocycles. The number of ether oxygens (including phenoxy) is 3. The van der Waals surface area contributed by atoms with Crippen LogP contribution < -0.4 is 5.73 Å². The van der Waals surface area contributed by atoms with Crippen LogP contribution in [0.3, 0.4) is 0 Å². The van der Waals surface area contributed by atoms with Gasteiger partial charge >= 0.3 is 0 Å². The monoisotopic (exact) mass is 205 g/mol. The molecule has 0 amide bonds. The molecular weight excluding hydrogens is 182 g/mol. The predicted molar refractivity (Wildman–Crippen MR) is 56.4 cm³/mol. The van der Waals surface area contributed by atoms with Crippen molar-refractivity contribution in [1.82, 2.24) is 0 Å². The van der Waals surface area contributed by atoms with Crippen molar-refractivity contribution in [3.63, 3.8) is 0 Å². The smallest absolute Gasteiger partial charge is 0.0781 e. The summed E-state index contributed by atoms with van der Waals surface area (Å²) in [5.41, 5.74) is 5.55. The maximum Gasteiger partial charge on any atom is 0.0781 e. The van der Waals surface area contributed by atoms with Gasteiger partial charge in [0.15, 0.2) is 0 Å². The minimum atomic E-state index is 0.0841. The lowest BCUT2D eigenvalue weighted by atomic mass is 10.4. The van der Waals surface area contributed by atoms with E-state index in [0.29, 0.717) is 26.4 Å². The van der Waals surface area contributed by atoms with Crippen molar-refractivity contribution in [3.05, 3.63) is 0 Å². The molecule has 0 fully saturated rings. The summed E-state index contributed by atoms with van der Waals surface area (Å²) >= 11 is 0. The summed E-state index contributed by atoms with van der Waals surface area (Å²) in [6, 6.07) is 0.0841. The SMILES string of the molecule is CCOCCOCC(C)OCC(C)N. The van der Waals surface area contributed by atoms with Gasteiger partial charge in [-0.25, -0.2) is 0 Å². The van der Waals surface area contributed by atoms with Gasteiger partial charge in [-0.1, -0.05) is 0 Å². The van der Waals surface area contributed by atoms with Gasteiger partial charge in [-0.05, 0) is 20.8 Å². The van der Waals surface area contributed by atoms with E-state index in [2.05, 4.69) is 0 Å². The van der Waals surface area contributed by atoms with Crippen molar-refractivity contribution >= 4 is 0 Å². The Morgan fingerprint density at radius 1 is 1.07 bits per heavy atom. The zero-order valence-electron chi connectivity index (χ0n) is 9.49. The van der Waals surface area contributed by atoms with Gasteiger partial charge in [-0.15, -0.1) is 0 Å². The Kier molecular flexibility index (Phi) is 9.29. The lowest BCUT2D eigenvalue weighted by Crippen LogP contribution is -2.27.